The predicted octanol–water partition coefficient (Wildman–Crippen LogP) is 4.48. The average Bonchev–Trinajstić information content (AvgIpc) is 3.27. The Morgan fingerprint density at radius 3 is 2.00 bits per heavy atom. The fraction of sp³-hybridized carbons (Fsp3) is 0.238. The number of hydrogen-bond acceptors (Lipinski definition) is 5. The van der Waals surface area contributed by atoms with Gasteiger partial charge < -0.3 is 15.5 Å². The molecule has 3 amide bonds. The second-order valence-electron chi connectivity index (χ2n) is 7.10. The number of anilines is 2. The fourth-order valence-electron chi connectivity index (χ4n) is 3.27. The van der Waals surface area contributed by atoms with Crippen LogP contribution in [0.15, 0.2) is 48.5 Å². The molecule has 1 aliphatic heterocycles. The summed E-state index contributed by atoms with van der Waals surface area (Å²) in [6.07, 6.45) is 1.40. The Labute approximate surface area is 181 Å². The first-order valence-electron chi connectivity index (χ1n) is 9.70. The van der Waals surface area contributed by atoms with Crippen LogP contribution in [0, 0.1) is 11.6 Å². The molecule has 1 aliphatic rings. The van der Waals surface area contributed by atoms with Crippen molar-refractivity contribution in [1.82, 2.24) is 15.1 Å². The van der Waals surface area contributed by atoms with Gasteiger partial charge in [-0.25, -0.2) is 13.6 Å². The van der Waals surface area contributed by atoms with E-state index in [1.165, 1.54) is 59.9 Å². The summed E-state index contributed by atoms with van der Waals surface area (Å²) in [7, 11) is 0. The number of carbonyl (C=O) groups is 2. The Balaban J connectivity index is 1.30. The Morgan fingerprint density at radius 1 is 0.871 bits per heavy atom. The number of benzene rings is 2. The molecule has 31 heavy (non-hydrogen) atoms. The molecule has 1 saturated heterocycles. The molecule has 4 rings (SSSR count). The minimum Gasteiger partial charge on any atom is -0.324 e. The number of amides is 3. The number of urea groups is 1. The van der Waals surface area contributed by atoms with Crippen LogP contribution in [-0.2, 0) is 0 Å². The lowest BCUT2D eigenvalue weighted by molar-refractivity contribution is 0.102. The van der Waals surface area contributed by atoms with Gasteiger partial charge in [0.25, 0.3) is 5.91 Å². The van der Waals surface area contributed by atoms with Crippen molar-refractivity contribution in [2.45, 2.75) is 18.8 Å². The molecule has 0 bridgehead atoms. The molecule has 3 aromatic rings. The number of aromatic nitrogens is 2. The van der Waals surface area contributed by atoms with Crippen molar-refractivity contribution < 1.29 is 18.4 Å². The van der Waals surface area contributed by atoms with E-state index in [2.05, 4.69) is 20.8 Å². The summed E-state index contributed by atoms with van der Waals surface area (Å²) in [5.74, 6) is -1.03. The highest BCUT2D eigenvalue weighted by Crippen LogP contribution is 2.30. The molecular formula is C21H19F2N5O2S. The van der Waals surface area contributed by atoms with Gasteiger partial charge in [0, 0.05) is 30.4 Å². The molecule has 2 heterocycles. The first-order chi connectivity index (χ1) is 15.0. The molecular weight excluding hydrogens is 424 g/mol. The standard InChI is InChI=1S/C21H19F2N5O2S/c22-14-1-5-16(6-2-14)24-18(29)20-27-26-19(31-20)13-9-11-28(12-10-13)21(30)25-17-7-3-15(23)4-8-17/h1-8,13H,9-12H2,(H,24,29)(H,25,30). The number of nitrogens with zero attached hydrogens (tertiary/aromatic N) is 3. The summed E-state index contributed by atoms with van der Waals surface area (Å²) in [5.41, 5.74) is 1.01. The maximum atomic E-state index is 13.0. The molecule has 7 nitrogen and oxygen atoms in total. The summed E-state index contributed by atoms with van der Waals surface area (Å²) in [6.45, 7) is 1.07. The van der Waals surface area contributed by atoms with Crippen molar-refractivity contribution in [3.8, 4) is 0 Å². The van der Waals surface area contributed by atoms with Gasteiger partial charge in [-0.2, -0.15) is 0 Å². The molecule has 0 saturated carbocycles. The maximum Gasteiger partial charge on any atom is 0.321 e. The number of likely N-dealkylation sites (tertiary alicyclic amines) is 1. The van der Waals surface area contributed by atoms with Crippen LogP contribution in [0.25, 0.3) is 0 Å². The molecule has 1 fully saturated rings. The lowest BCUT2D eigenvalue weighted by atomic mass is 9.98. The summed E-state index contributed by atoms with van der Waals surface area (Å²) >= 11 is 1.22. The molecule has 0 spiro atoms. The average molecular weight is 443 g/mol. The van der Waals surface area contributed by atoms with Crippen LogP contribution in [-0.4, -0.2) is 40.1 Å². The first kappa shape index (κ1) is 20.9. The van der Waals surface area contributed by atoms with Crippen LogP contribution in [0.5, 0.6) is 0 Å². The van der Waals surface area contributed by atoms with Crippen molar-refractivity contribution >= 4 is 34.6 Å². The third kappa shape index (κ3) is 5.21. The quantitative estimate of drug-likeness (QED) is 0.622. The zero-order valence-corrected chi connectivity index (χ0v) is 17.2. The van der Waals surface area contributed by atoms with Crippen molar-refractivity contribution in [1.29, 1.82) is 0 Å². The smallest absolute Gasteiger partial charge is 0.321 e. The summed E-state index contributed by atoms with van der Waals surface area (Å²) in [6, 6.07) is 10.9. The lowest BCUT2D eigenvalue weighted by Crippen LogP contribution is -2.40. The van der Waals surface area contributed by atoms with Gasteiger partial charge in [0.2, 0.25) is 5.01 Å². The second-order valence-corrected chi connectivity index (χ2v) is 8.11. The third-order valence-corrected chi connectivity index (χ3v) is 6.05. The molecule has 0 radical (unpaired) electrons. The van der Waals surface area contributed by atoms with E-state index < -0.39 is 5.91 Å². The molecule has 160 valence electrons. The second kappa shape index (κ2) is 9.17. The first-order valence-corrected chi connectivity index (χ1v) is 10.5. The van der Waals surface area contributed by atoms with E-state index in [0.29, 0.717) is 37.3 Å². The minimum atomic E-state index is -0.397. The maximum absolute atomic E-state index is 13.0. The highest BCUT2D eigenvalue weighted by atomic mass is 32.1. The topological polar surface area (TPSA) is 87.2 Å². The predicted molar refractivity (Wildman–Crippen MR) is 113 cm³/mol. The van der Waals surface area contributed by atoms with Gasteiger partial charge >= 0.3 is 6.03 Å². The van der Waals surface area contributed by atoms with Crippen LogP contribution < -0.4 is 10.6 Å². The van der Waals surface area contributed by atoms with E-state index in [1.54, 1.807) is 4.90 Å². The fourth-order valence-corrected chi connectivity index (χ4v) is 4.18. The van der Waals surface area contributed by atoms with Crippen molar-refractivity contribution in [3.05, 3.63) is 70.2 Å². The van der Waals surface area contributed by atoms with Gasteiger partial charge in [0.15, 0.2) is 0 Å². The summed E-state index contributed by atoms with van der Waals surface area (Å²) in [4.78, 5) is 26.4. The number of rotatable bonds is 4. The number of piperidine rings is 1. The largest absolute Gasteiger partial charge is 0.324 e. The Hall–Kier alpha value is -3.40. The van der Waals surface area contributed by atoms with E-state index >= 15 is 0 Å². The normalized spacial score (nSPS) is 14.3. The Kier molecular flexibility index (Phi) is 6.17. The number of halogens is 2. The van der Waals surface area contributed by atoms with Crippen molar-refractivity contribution in [2.75, 3.05) is 23.7 Å². The van der Waals surface area contributed by atoms with Crippen LogP contribution in [0.4, 0.5) is 25.0 Å². The molecule has 0 aliphatic carbocycles. The van der Waals surface area contributed by atoms with Gasteiger partial charge in [-0.1, -0.05) is 11.3 Å². The van der Waals surface area contributed by atoms with Crippen LogP contribution in [0.2, 0.25) is 0 Å². The zero-order chi connectivity index (χ0) is 21.8. The molecule has 0 atom stereocenters. The SMILES string of the molecule is O=C(Nc1ccc(F)cc1)c1nnc(C2CCN(C(=O)Nc3ccc(F)cc3)CC2)s1. The third-order valence-electron chi connectivity index (χ3n) is 4.96. The van der Waals surface area contributed by atoms with Gasteiger partial charge in [-0.05, 0) is 61.4 Å². The number of nitrogens with one attached hydrogen (secondary N) is 2. The Bertz CT molecular complexity index is 1060. The Morgan fingerprint density at radius 2 is 1.42 bits per heavy atom. The van der Waals surface area contributed by atoms with Crippen LogP contribution in [0.1, 0.15) is 33.6 Å². The zero-order valence-electron chi connectivity index (χ0n) is 16.3. The number of carbonyl (C=O) groups excluding carboxylic acids is 2. The van der Waals surface area contributed by atoms with E-state index in [0.717, 1.165) is 5.01 Å². The minimum absolute atomic E-state index is 0.111. The van der Waals surface area contributed by atoms with Gasteiger partial charge in [0.05, 0.1) is 0 Å². The molecule has 2 aromatic carbocycles. The lowest BCUT2D eigenvalue weighted by Gasteiger charge is -2.30. The highest BCUT2D eigenvalue weighted by molar-refractivity contribution is 7.13. The van der Waals surface area contributed by atoms with Crippen molar-refractivity contribution in [2.24, 2.45) is 0 Å². The van der Waals surface area contributed by atoms with Gasteiger partial charge in [-0.15, -0.1) is 10.2 Å². The highest BCUT2D eigenvalue weighted by Gasteiger charge is 2.27. The van der Waals surface area contributed by atoms with E-state index in [1.807, 2.05) is 0 Å². The van der Waals surface area contributed by atoms with E-state index in [4.69, 9.17) is 0 Å². The van der Waals surface area contributed by atoms with Crippen LogP contribution >= 0.6 is 11.3 Å². The molecule has 1 aromatic heterocycles. The van der Waals surface area contributed by atoms with E-state index in [-0.39, 0.29) is 28.6 Å². The van der Waals surface area contributed by atoms with Gasteiger partial charge in [-0.3, -0.25) is 4.79 Å². The molecule has 10 heteroatoms. The summed E-state index contributed by atoms with van der Waals surface area (Å²) in [5, 5.41) is 14.5. The monoisotopic (exact) mass is 443 g/mol. The van der Waals surface area contributed by atoms with Gasteiger partial charge in [0.1, 0.15) is 16.6 Å². The summed E-state index contributed by atoms with van der Waals surface area (Å²) < 4.78 is 26.0. The van der Waals surface area contributed by atoms with Crippen LogP contribution in [0.3, 0.4) is 0 Å². The number of hydrogen-bond donors (Lipinski definition) is 2. The molecule has 2 N–H and O–H groups in total. The molecule has 0 unspecified atom stereocenters. The van der Waals surface area contributed by atoms with E-state index in [9.17, 15) is 18.4 Å². The van der Waals surface area contributed by atoms with Crippen molar-refractivity contribution in [3.63, 3.8) is 0 Å².